The van der Waals surface area contributed by atoms with E-state index in [-0.39, 0.29) is 4.90 Å². The van der Waals surface area contributed by atoms with Gasteiger partial charge in [0.2, 0.25) is 21.8 Å². The van der Waals surface area contributed by atoms with Crippen molar-refractivity contribution < 1.29 is 18.0 Å². The van der Waals surface area contributed by atoms with E-state index in [2.05, 4.69) is 10.6 Å². The van der Waals surface area contributed by atoms with Crippen LogP contribution in [-0.4, -0.2) is 37.6 Å². The van der Waals surface area contributed by atoms with Crippen LogP contribution in [0, 0.1) is 5.92 Å². The molecule has 1 unspecified atom stereocenters. The molecule has 1 atom stereocenters. The molecule has 1 aromatic carbocycles. The van der Waals surface area contributed by atoms with E-state index in [9.17, 15) is 18.0 Å². The third-order valence-electron chi connectivity index (χ3n) is 4.25. The Bertz CT molecular complexity index is 754. The maximum absolute atomic E-state index is 12.7. The van der Waals surface area contributed by atoms with Crippen LogP contribution in [-0.2, 0) is 19.6 Å². The molecule has 1 saturated heterocycles. The molecule has 0 aliphatic carbocycles. The number of carbonyl (C=O) groups is 2. The maximum Gasteiger partial charge on any atom is 0.243 e. The van der Waals surface area contributed by atoms with Gasteiger partial charge in [0, 0.05) is 13.1 Å². The second-order valence-corrected chi connectivity index (χ2v) is 7.81. The van der Waals surface area contributed by atoms with Crippen molar-refractivity contribution in [1.29, 1.82) is 0 Å². The summed E-state index contributed by atoms with van der Waals surface area (Å²) in [6.45, 7) is 2.53. The van der Waals surface area contributed by atoms with Gasteiger partial charge in [-0.2, -0.15) is 4.31 Å². The molecule has 0 saturated carbocycles. The van der Waals surface area contributed by atoms with Crippen molar-refractivity contribution in [2.75, 3.05) is 23.7 Å². The number of benzene rings is 1. The lowest BCUT2D eigenvalue weighted by atomic mass is 10.1. The molecule has 0 spiro atoms. The fraction of sp³-hybridized carbons (Fsp3) is 0.467. The zero-order valence-electron chi connectivity index (χ0n) is 12.8. The highest BCUT2D eigenvalue weighted by atomic mass is 32.2. The Balaban J connectivity index is 1.96. The largest absolute Gasteiger partial charge is 0.324 e. The van der Waals surface area contributed by atoms with Crippen molar-refractivity contribution in [3.63, 3.8) is 0 Å². The molecule has 1 aromatic rings. The average molecular weight is 337 g/mol. The summed E-state index contributed by atoms with van der Waals surface area (Å²) in [5, 5.41) is 5.24. The molecule has 23 heavy (non-hydrogen) atoms. The number of hydrogen-bond donors (Lipinski definition) is 2. The van der Waals surface area contributed by atoms with Gasteiger partial charge in [0.05, 0.1) is 16.3 Å². The van der Waals surface area contributed by atoms with Crippen LogP contribution in [0.2, 0.25) is 0 Å². The van der Waals surface area contributed by atoms with E-state index in [4.69, 9.17) is 0 Å². The zero-order chi connectivity index (χ0) is 16.6. The number of nitrogens with zero attached hydrogens (tertiary/aromatic N) is 1. The summed E-state index contributed by atoms with van der Waals surface area (Å²) in [6, 6.07) is 4.39. The normalized spacial score (nSPS) is 22.7. The Morgan fingerprint density at radius 3 is 2.26 bits per heavy atom. The SMILES string of the molecule is CC1C(=O)Nc2ccc(S(=O)(=O)N3CCCCC3)cc2NC1=O. The van der Waals surface area contributed by atoms with Gasteiger partial charge in [-0.1, -0.05) is 6.42 Å². The molecule has 2 N–H and O–H groups in total. The summed E-state index contributed by atoms with van der Waals surface area (Å²) in [7, 11) is -3.58. The summed E-state index contributed by atoms with van der Waals surface area (Å²) in [6.07, 6.45) is 2.75. The molecule has 1 fully saturated rings. The minimum atomic E-state index is -3.58. The maximum atomic E-state index is 12.7. The van der Waals surface area contributed by atoms with Crippen molar-refractivity contribution in [3.8, 4) is 0 Å². The smallest absolute Gasteiger partial charge is 0.243 e. The lowest BCUT2D eigenvalue weighted by molar-refractivity contribution is -0.128. The van der Waals surface area contributed by atoms with Crippen LogP contribution in [0.1, 0.15) is 26.2 Å². The van der Waals surface area contributed by atoms with Crippen molar-refractivity contribution in [3.05, 3.63) is 18.2 Å². The highest BCUT2D eigenvalue weighted by Gasteiger charge is 2.30. The van der Waals surface area contributed by atoms with Gasteiger partial charge >= 0.3 is 0 Å². The van der Waals surface area contributed by atoms with Crippen molar-refractivity contribution in [2.24, 2.45) is 5.92 Å². The minimum absolute atomic E-state index is 0.127. The van der Waals surface area contributed by atoms with Gasteiger partial charge in [-0.15, -0.1) is 0 Å². The first kappa shape index (κ1) is 15.9. The third kappa shape index (κ3) is 2.96. The Labute approximate surface area is 135 Å². The Hall–Kier alpha value is -1.93. The van der Waals surface area contributed by atoms with Gasteiger partial charge < -0.3 is 10.6 Å². The zero-order valence-corrected chi connectivity index (χ0v) is 13.6. The third-order valence-corrected chi connectivity index (χ3v) is 6.14. The van der Waals surface area contributed by atoms with Gasteiger partial charge in [-0.05, 0) is 38.0 Å². The molecule has 3 rings (SSSR count). The number of nitrogens with one attached hydrogen (secondary N) is 2. The molecule has 0 bridgehead atoms. The van der Waals surface area contributed by atoms with E-state index in [1.807, 2.05) is 0 Å². The molecule has 2 heterocycles. The Morgan fingerprint density at radius 2 is 1.61 bits per heavy atom. The molecule has 2 aliphatic rings. The molecule has 124 valence electrons. The van der Waals surface area contributed by atoms with E-state index in [0.717, 1.165) is 19.3 Å². The van der Waals surface area contributed by atoms with Gasteiger partial charge in [-0.25, -0.2) is 8.42 Å². The van der Waals surface area contributed by atoms with E-state index >= 15 is 0 Å². The van der Waals surface area contributed by atoms with Gasteiger partial charge in [0.25, 0.3) is 0 Å². The monoisotopic (exact) mass is 337 g/mol. The molecule has 0 radical (unpaired) electrons. The van der Waals surface area contributed by atoms with Crippen LogP contribution in [0.3, 0.4) is 0 Å². The van der Waals surface area contributed by atoms with Crippen molar-refractivity contribution >= 4 is 33.2 Å². The van der Waals surface area contributed by atoms with Crippen molar-refractivity contribution in [2.45, 2.75) is 31.1 Å². The fourth-order valence-electron chi connectivity index (χ4n) is 2.75. The number of carbonyl (C=O) groups excluding carboxylic acids is 2. The highest BCUT2D eigenvalue weighted by molar-refractivity contribution is 7.89. The molecule has 0 aromatic heterocycles. The van der Waals surface area contributed by atoms with Crippen LogP contribution >= 0.6 is 0 Å². The van der Waals surface area contributed by atoms with E-state index in [0.29, 0.717) is 24.5 Å². The summed E-state index contributed by atoms with van der Waals surface area (Å²) in [4.78, 5) is 23.9. The number of amides is 2. The molecular formula is C15H19N3O4S. The minimum Gasteiger partial charge on any atom is -0.324 e. The summed E-state index contributed by atoms with van der Waals surface area (Å²) in [5.41, 5.74) is 0.719. The summed E-state index contributed by atoms with van der Waals surface area (Å²) in [5.74, 6) is -1.69. The molecule has 8 heteroatoms. The van der Waals surface area contributed by atoms with E-state index < -0.39 is 27.8 Å². The van der Waals surface area contributed by atoms with E-state index in [1.54, 1.807) is 0 Å². The summed E-state index contributed by atoms with van der Waals surface area (Å²) >= 11 is 0. The molecular weight excluding hydrogens is 318 g/mol. The molecule has 2 amide bonds. The van der Waals surface area contributed by atoms with Crippen LogP contribution in [0.15, 0.2) is 23.1 Å². The molecule has 2 aliphatic heterocycles. The van der Waals surface area contributed by atoms with Gasteiger partial charge in [0.15, 0.2) is 0 Å². The van der Waals surface area contributed by atoms with Gasteiger partial charge in [0.1, 0.15) is 5.92 Å². The van der Waals surface area contributed by atoms with Crippen molar-refractivity contribution in [1.82, 2.24) is 4.31 Å². The first-order valence-corrected chi connectivity index (χ1v) is 9.09. The number of hydrogen-bond acceptors (Lipinski definition) is 4. The average Bonchev–Trinajstić information content (AvgIpc) is 2.65. The lowest BCUT2D eigenvalue weighted by Gasteiger charge is -2.26. The molecule has 7 nitrogen and oxygen atoms in total. The highest BCUT2D eigenvalue weighted by Crippen LogP contribution is 2.30. The first-order valence-electron chi connectivity index (χ1n) is 7.65. The number of rotatable bonds is 2. The van der Waals surface area contributed by atoms with E-state index in [1.165, 1.54) is 29.4 Å². The number of anilines is 2. The Morgan fingerprint density at radius 1 is 1.00 bits per heavy atom. The number of sulfonamides is 1. The predicted octanol–water partition coefficient (Wildman–Crippen LogP) is 1.39. The fourth-order valence-corrected chi connectivity index (χ4v) is 4.30. The first-order chi connectivity index (χ1) is 10.9. The number of fused-ring (bicyclic) bond motifs is 1. The predicted molar refractivity (Wildman–Crippen MR) is 85.5 cm³/mol. The second kappa shape index (κ2) is 5.93. The topological polar surface area (TPSA) is 95.6 Å². The Kier molecular flexibility index (Phi) is 4.11. The summed E-state index contributed by atoms with van der Waals surface area (Å²) < 4.78 is 26.9. The van der Waals surface area contributed by atoms with Crippen LogP contribution in [0.25, 0.3) is 0 Å². The van der Waals surface area contributed by atoms with Crippen LogP contribution < -0.4 is 10.6 Å². The second-order valence-electron chi connectivity index (χ2n) is 5.87. The van der Waals surface area contributed by atoms with Crippen LogP contribution in [0.5, 0.6) is 0 Å². The standard InChI is InChI=1S/C15H19N3O4S/c1-10-14(19)16-12-6-5-11(9-13(12)17-15(10)20)23(21,22)18-7-3-2-4-8-18/h5-6,9-10H,2-4,7-8H2,1H3,(H,16,19)(H,17,20). The van der Waals surface area contributed by atoms with Crippen LogP contribution in [0.4, 0.5) is 11.4 Å². The number of piperidine rings is 1. The van der Waals surface area contributed by atoms with Gasteiger partial charge in [-0.3, -0.25) is 9.59 Å². The quantitative estimate of drug-likeness (QED) is 0.797. The lowest BCUT2D eigenvalue weighted by Crippen LogP contribution is -2.35.